The summed E-state index contributed by atoms with van der Waals surface area (Å²) in [6.45, 7) is 2.73. The van der Waals surface area contributed by atoms with Crippen LogP contribution in [0.25, 0.3) is 33.4 Å². The van der Waals surface area contributed by atoms with E-state index >= 15 is 0 Å². The summed E-state index contributed by atoms with van der Waals surface area (Å²) in [5.74, 6) is -3.88. The summed E-state index contributed by atoms with van der Waals surface area (Å²) in [5.41, 5.74) is 24.2. The van der Waals surface area contributed by atoms with Crippen LogP contribution in [0.15, 0.2) is 115 Å². The maximum Gasteiger partial charge on any atom is 0.326 e. The van der Waals surface area contributed by atoms with E-state index in [9.17, 15) is 29.1 Å². The van der Waals surface area contributed by atoms with Crippen LogP contribution in [0.3, 0.4) is 0 Å². The minimum absolute atomic E-state index is 0.0537. The molecule has 6 rings (SSSR count). The lowest BCUT2D eigenvalue weighted by atomic mass is 9.88. The van der Waals surface area contributed by atoms with Crippen LogP contribution in [0.2, 0.25) is 0 Å². The van der Waals surface area contributed by atoms with Gasteiger partial charge in [0.15, 0.2) is 11.6 Å². The van der Waals surface area contributed by atoms with E-state index in [-0.39, 0.29) is 51.3 Å². The van der Waals surface area contributed by atoms with Crippen LogP contribution < -0.4 is 32.0 Å². The Kier molecular flexibility index (Phi) is 16.8. The largest absolute Gasteiger partial charge is 0.492 e. The van der Waals surface area contributed by atoms with E-state index in [0.29, 0.717) is 65.1 Å². The van der Waals surface area contributed by atoms with Crippen molar-refractivity contribution in [2.75, 3.05) is 39.9 Å². The molecule has 1 aliphatic heterocycles. The Morgan fingerprint density at radius 2 is 1.29 bits per heavy atom. The molecule has 0 saturated carbocycles. The lowest BCUT2D eigenvalue weighted by Gasteiger charge is -2.32. The molecule has 340 valence electrons. The third-order valence-electron chi connectivity index (χ3n) is 11.8. The van der Waals surface area contributed by atoms with E-state index in [1.807, 2.05) is 42.5 Å². The van der Waals surface area contributed by atoms with Crippen molar-refractivity contribution >= 4 is 29.4 Å². The van der Waals surface area contributed by atoms with Crippen LogP contribution in [-0.4, -0.2) is 85.3 Å². The van der Waals surface area contributed by atoms with E-state index in [1.165, 1.54) is 11.9 Å². The molecule has 5 aromatic carbocycles. The lowest BCUT2D eigenvalue weighted by Crippen LogP contribution is -2.45. The van der Waals surface area contributed by atoms with Crippen molar-refractivity contribution < 1.29 is 38.6 Å². The topological polar surface area (TPSA) is 217 Å². The predicted octanol–water partition coefficient (Wildman–Crippen LogP) is 6.60. The SMILES string of the molecule is C[C@@H]1CC(=O)[C@@H](N(C)C(=O)[C@H](CCCCN)CC(=O)c2ccc(-c3ccc(-c4ccccc4)cc3)cc2)c2ccc(OCCN)c(c2)-c2cc(ccc2OCCN)C[C@@H](C(=O)O)NC1=O. The van der Waals surface area contributed by atoms with Gasteiger partial charge in [0.05, 0.1) is 0 Å². The van der Waals surface area contributed by atoms with Crippen LogP contribution in [0.5, 0.6) is 11.5 Å². The number of carbonyl (C=O) groups excluding carboxylic acids is 4. The Labute approximate surface area is 380 Å². The Balaban J connectivity index is 1.35. The van der Waals surface area contributed by atoms with E-state index in [1.54, 1.807) is 55.5 Å². The highest BCUT2D eigenvalue weighted by Gasteiger charge is 2.36. The standard InChI is InChI=1S/C52H59N5O8/c1-33-28-46(59)49(40-20-22-48(65-27-25-55)43(31-40)42-29-34(11-21-47(42)64-26-24-54)30-44(52(62)63)56-50(33)60)57(2)51(61)41(10-6-7-23-53)32-45(58)39-18-16-38(17-19-39)37-14-12-36(13-15-37)35-8-4-3-5-9-35/h3-5,8-9,11-22,29,31,33,41,44,49H,6-7,10,23-28,30,32,53-55H2,1-2H3,(H,56,60)(H,62,63)/t33-,41-,44+,49+/m1/s1. The van der Waals surface area contributed by atoms with Gasteiger partial charge in [0.2, 0.25) is 11.8 Å². The Morgan fingerprint density at radius 3 is 1.88 bits per heavy atom. The molecule has 13 nitrogen and oxygen atoms in total. The molecule has 4 bridgehead atoms. The first-order valence-electron chi connectivity index (χ1n) is 22.2. The van der Waals surface area contributed by atoms with Crippen molar-refractivity contribution in [3.8, 4) is 44.9 Å². The number of carboxylic acids is 1. The van der Waals surface area contributed by atoms with Crippen molar-refractivity contribution in [1.29, 1.82) is 0 Å². The van der Waals surface area contributed by atoms with E-state index in [0.717, 1.165) is 22.3 Å². The number of amides is 2. The summed E-state index contributed by atoms with van der Waals surface area (Å²) >= 11 is 0. The first-order valence-corrected chi connectivity index (χ1v) is 22.2. The molecular weight excluding hydrogens is 823 g/mol. The molecule has 0 spiro atoms. The molecule has 0 unspecified atom stereocenters. The normalized spacial score (nSPS) is 16.7. The fourth-order valence-corrected chi connectivity index (χ4v) is 8.25. The highest BCUT2D eigenvalue weighted by molar-refractivity contribution is 6.00. The van der Waals surface area contributed by atoms with E-state index < -0.39 is 47.5 Å². The van der Waals surface area contributed by atoms with Gasteiger partial charge in [-0.25, -0.2) is 4.79 Å². The van der Waals surface area contributed by atoms with E-state index in [2.05, 4.69) is 29.6 Å². The van der Waals surface area contributed by atoms with Crippen LogP contribution in [-0.2, 0) is 25.6 Å². The second-order valence-corrected chi connectivity index (χ2v) is 16.5. The molecule has 65 heavy (non-hydrogen) atoms. The highest BCUT2D eigenvalue weighted by Crippen LogP contribution is 2.41. The summed E-state index contributed by atoms with van der Waals surface area (Å²) < 4.78 is 12.2. The van der Waals surface area contributed by atoms with Gasteiger partial charge in [0.25, 0.3) is 0 Å². The number of nitrogens with one attached hydrogen (secondary N) is 1. The number of carbonyl (C=O) groups is 5. The minimum Gasteiger partial charge on any atom is -0.492 e. The molecule has 0 fully saturated rings. The summed E-state index contributed by atoms with van der Waals surface area (Å²) in [7, 11) is 1.53. The van der Waals surface area contributed by atoms with Gasteiger partial charge in [0, 0.05) is 67.9 Å². The van der Waals surface area contributed by atoms with Crippen molar-refractivity contribution in [3.05, 3.63) is 132 Å². The summed E-state index contributed by atoms with van der Waals surface area (Å²) in [5, 5.41) is 12.8. The number of benzene rings is 5. The number of ether oxygens (including phenoxy) is 2. The maximum absolute atomic E-state index is 14.9. The first kappa shape index (κ1) is 47.8. The number of rotatable bonds is 18. The summed E-state index contributed by atoms with van der Waals surface area (Å²) in [6.07, 6.45) is 1.08. The number of nitrogens with two attached hydrogens (primary N) is 3. The fraction of sp³-hybridized carbons (Fsp3) is 0.327. The van der Waals surface area contributed by atoms with Gasteiger partial charge in [-0.1, -0.05) is 104 Å². The van der Waals surface area contributed by atoms with Gasteiger partial charge in [-0.05, 0) is 77.0 Å². The van der Waals surface area contributed by atoms with Gasteiger partial charge in [-0.3, -0.25) is 19.2 Å². The highest BCUT2D eigenvalue weighted by atomic mass is 16.5. The number of ketones is 2. The average Bonchev–Trinajstić information content (AvgIpc) is 3.32. The van der Waals surface area contributed by atoms with Crippen molar-refractivity contribution in [1.82, 2.24) is 10.2 Å². The predicted molar refractivity (Wildman–Crippen MR) is 251 cm³/mol. The quantitative estimate of drug-likeness (QED) is 0.0467. The van der Waals surface area contributed by atoms with Gasteiger partial charge >= 0.3 is 5.97 Å². The zero-order valence-corrected chi connectivity index (χ0v) is 37.0. The number of aliphatic carboxylic acids is 1. The lowest BCUT2D eigenvalue weighted by molar-refractivity contribution is -0.144. The molecule has 0 aromatic heterocycles. The second-order valence-electron chi connectivity index (χ2n) is 16.5. The molecule has 4 atom stereocenters. The molecule has 8 N–H and O–H groups in total. The number of carboxylic acid groups (broad SMARTS) is 1. The van der Waals surface area contributed by atoms with Crippen LogP contribution in [0.4, 0.5) is 0 Å². The molecule has 0 radical (unpaired) electrons. The molecule has 1 aliphatic rings. The molecule has 5 aromatic rings. The molecule has 2 amide bonds. The Hall–Kier alpha value is -6.67. The fourth-order valence-electron chi connectivity index (χ4n) is 8.25. The Morgan fingerprint density at radius 1 is 0.723 bits per heavy atom. The average molecular weight is 882 g/mol. The maximum atomic E-state index is 14.9. The number of hydrogen-bond donors (Lipinski definition) is 5. The number of Topliss-reactive ketones (excluding diaryl/α,β-unsaturated/α-hetero) is 2. The molecule has 13 heteroatoms. The second kappa shape index (κ2) is 22.8. The van der Waals surface area contributed by atoms with Gasteiger partial charge in [-0.15, -0.1) is 0 Å². The summed E-state index contributed by atoms with van der Waals surface area (Å²) in [6, 6.07) is 33.5. The Bertz CT molecular complexity index is 2440. The van der Waals surface area contributed by atoms with Gasteiger partial charge in [-0.2, -0.15) is 0 Å². The van der Waals surface area contributed by atoms with Crippen LogP contribution in [0.1, 0.15) is 66.6 Å². The molecule has 0 saturated heterocycles. The number of hydrogen-bond acceptors (Lipinski definition) is 10. The van der Waals surface area contributed by atoms with Crippen molar-refractivity contribution in [2.24, 2.45) is 29.0 Å². The smallest absolute Gasteiger partial charge is 0.326 e. The number of nitrogens with zero attached hydrogens (tertiary/aromatic N) is 1. The zero-order valence-electron chi connectivity index (χ0n) is 37.0. The molecular formula is C52H59N5O8. The van der Waals surface area contributed by atoms with Crippen molar-refractivity contribution in [3.63, 3.8) is 0 Å². The van der Waals surface area contributed by atoms with E-state index in [4.69, 9.17) is 26.7 Å². The first-order chi connectivity index (χ1) is 31.4. The van der Waals surface area contributed by atoms with Crippen LogP contribution >= 0.6 is 0 Å². The molecule has 1 heterocycles. The molecule has 0 aliphatic carbocycles. The van der Waals surface area contributed by atoms with Crippen LogP contribution in [0, 0.1) is 11.8 Å². The minimum atomic E-state index is -1.31. The third kappa shape index (κ3) is 12.1. The monoisotopic (exact) mass is 881 g/mol. The van der Waals surface area contributed by atoms with Crippen molar-refractivity contribution in [2.45, 2.75) is 57.5 Å². The summed E-state index contributed by atoms with van der Waals surface area (Å²) in [4.78, 5) is 70.9. The van der Waals surface area contributed by atoms with Gasteiger partial charge in [0.1, 0.15) is 36.8 Å². The number of unbranched alkanes of at least 4 members (excludes halogenated alkanes) is 1. The zero-order chi connectivity index (χ0) is 46.5. The number of likely N-dealkylation sites (N-methyl/N-ethyl adjacent to an activating group) is 1. The third-order valence-corrected chi connectivity index (χ3v) is 11.8. The number of fused-ring (bicyclic) bond motifs is 5. The van der Waals surface area contributed by atoms with Gasteiger partial charge < -0.3 is 42.0 Å².